The van der Waals surface area contributed by atoms with E-state index in [-0.39, 0.29) is 31.3 Å². The summed E-state index contributed by atoms with van der Waals surface area (Å²) in [5, 5.41) is 8.94. The Kier molecular flexibility index (Phi) is 6.83. The van der Waals surface area contributed by atoms with Crippen LogP contribution in [-0.4, -0.2) is 72.3 Å². The average molecular weight is 456 g/mol. The Labute approximate surface area is 192 Å². The highest BCUT2D eigenvalue weighted by Gasteiger charge is 2.35. The first-order chi connectivity index (χ1) is 16.0. The summed E-state index contributed by atoms with van der Waals surface area (Å²) >= 11 is 0. The van der Waals surface area contributed by atoms with Crippen LogP contribution in [-0.2, 0) is 16.6 Å². The van der Waals surface area contributed by atoms with Crippen molar-refractivity contribution in [2.24, 2.45) is 12.1 Å². The Morgan fingerprint density at radius 1 is 1.27 bits per heavy atom. The summed E-state index contributed by atoms with van der Waals surface area (Å²) in [6.45, 7) is 2.99. The molecule has 3 heterocycles. The molecule has 2 aromatic rings. The van der Waals surface area contributed by atoms with E-state index in [0.29, 0.717) is 37.6 Å². The molecule has 1 aromatic heterocycles. The number of ether oxygens (including phenoxy) is 3. The number of methoxy groups -OCH3 is 1. The van der Waals surface area contributed by atoms with Crippen LogP contribution in [0.25, 0.3) is 0 Å². The van der Waals surface area contributed by atoms with E-state index in [0.717, 1.165) is 17.0 Å². The van der Waals surface area contributed by atoms with Gasteiger partial charge in [0.05, 0.1) is 24.1 Å². The highest BCUT2D eigenvalue weighted by molar-refractivity contribution is 6.02. The summed E-state index contributed by atoms with van der Waals surface area (Å²) in [4.78, 5) is 27.4. The Morgan fingerprint density at radius 2 is 2.09 bits per heavy atom. The average Bonchev–Trinajstić information content (AvgIpc) is 3.54. The third-order valence-corrected chi connectivity index (χ3v) is 5.69. The van der Waals surface area contributed by atoms with Crippen LogP contribution in [0.2, 0.25) is 0 Å². The molecule has 10 heteroatoms. The molecule has 33 heavy (non-hydrogen) atoms. The van der Waals surface area contributed by atoms with E-state index >= 15 is 0 Å². The largest absolute Gasteiger partial charge is 0.454 e. The summed E-state index contributed by atoms with van der Waals surface area (Å²) in [6, 6.07) is 8.95. The van der Waals surface area contributed by atoms with E-state index in [1.165, 1.54) is 9.91 Å². The van der Waals surface area contributed by atoms with Gasteiger partial charge < -0.3 is 29.0 Å². The molecular formula is C23H29N5O5. The van der Waals surface area contributed by atoms with Crippen LogP contribution in [0.5, 0.6) is 11.5 Å². The van der Waals surface area contributed by atoms with Gasteiger partial charge in [-0.05, 0) is 36.8 Å². The topological polar surface area (TPSA) is 97.6 Å². The molecule has 10 nitrogen and oxygen atoms in total. The monoisotopic (exact) mass is 455 g/mol. The van der Waals surface area contributed by atoms with Crippen LogP contribution in [0.1, 0.15) is 30.6 Å². The lowest BCUT2D eigenvalue weighted by atomic mass is 10.00. The number of nitrogens with one attached hydrogen (secondary N) is 1. The maximum Gasteiger partial charge on any atom is 0.317 e. The molecule has 1 atom stereocenters. The van der Waals surface area contributed by atoms with Gasteiger partial charge in [-0.2, -0.15) is 5.10 Å². The molecule has 1 aromatic carbocycles. The zero-order chi connectivity index (χ0) is 23.4. The van der Waals surface area contributed by atoms with Gasteiger partial charge in [-0.25, -0.2) is 9.80 Å². The third kappa shape index (κ3) is 4.80. The molecule has 2 aliphatic rings. The number of carbonyl (C=O) groups is 2. The summed E-state index contributed by atoms with van der Waals surface area (Å²) in [5.74, 6) is 1.06. The fourth-order valence-corrected chi connectivity index (χ4v) is 3.99. The maximum absolute atomic E-state index is 13.4. The van der Waals surface area contributed by atoms with Gasteiger partial charge in [0.15, 0.2) is 11.5 Å². The molecule has 0 saturated carbocycles. The molecule has 176 valence electrons. The second-order valence-electron chi connectivity index (χ2n) is 7.87. The maximum atomic E-state index is 13.4. The Balaban J connectivity index is 1.61. The van der Waals surface area contributed by atoms with Crippen molar-refractivity contribution in [2.75, 3.05) is 40.1 Å². The number of hydrogen-bond donors (Lipinski definition) is 1. The molecule has 2 aliphatic heterocycles. The molecule has 0 aliphatic carbocycles. The van der Waals surface area contributed by atoms with Crippen LogP contribution in [0.3, 0.4) is 0 Å². The molecule has 0 radical (unpaired) electrons. The van der Waals surface area contributed by atoms with E-state index < -0.39 is 0 Å². The van der Waals surface area contributed by atoms with Gasteiger partial charge in [-0.3, -0.25) is 4.79 Å². The van der Waals surface area contributed by atoms with E-state index in [4.69, 9.17) is 19.3 Å². The first kappa shape index (κ1) is 22.7. The van der Waals surface area contributed by atoms with Gasteiger partial charge >= 0.3 is 6.03 Å². The number of aryl methyl sites for hydroxylation is 1. The number of fused-ring (bicyclic) bond motifs is 1. The first-order valence-corrected chi connectivity index (χ1v) is 10.9. The normalized spacial score (nSPS) is 16.6. The lowest BCUT2D eigenvalue weighted by Crippen LogP contribution is -2.47. The fraction of sp³-hybridized carbons (Fsp3) is 0.435. The molecule has 0 unspecified atom stereocenters. The van der Waals surface area contributed by atoms with Crippen LogP contribution in [0.4, 0.5) is 4.79 Å². The Hall–Kier alpha value is -3.53. The van der Waals surface area contributed by atoms with Crippen LogP contribution >= 0.6 is 0 Å². The zero-order valence-electron chi connectivity index (χ0n) is 19.1. The van der Waals surface area contributed by atoms with Crippen LogP contribution in [0.15, 0.2) is 41.6 Å². The minimum absolute atomic E-state index is 0.111. The minimum Gasteiger partial charge on any atom is -0.454 e. The quantitative estimate of drug-likeness (QED) is 0.658. The van der Waals surface area contributed by atoms with Crippen molar-refractivity contribution in [1.29, 1.82) is 0 Å². The first-order valence-electron chi connectivity index (χ1n) is 10.9. The molecular weight excluding hydrogens is 426 g/mol. The Morgan fingerprint density at radius 3 is 2.82 bits per heavy atom. The SMILES string of the molecule is CCNC(=O)N(CCOC)CC(=O)N1N=C(c2cccn2C)C[C@H]1c1ccc2c(c1)OCO2. The van der Waals surface area contributed by atoms with Crippen molar-refractivity contribution in [3.8, 4) is 11.5 Å². The highest BCUT2D eigenvalue weighted by atomic mass is 16.7. The smallest absolute Gasteiger partial charge is 0.317 e. The third-order valence-electron chi connectivity index (χ3n) is 5.69. The van der Waals surface area contributed by atoms with Gasteiger partial charge in [0.2, 0.25) is 6.79 Å². The van der Waals surface area contributed by atoms with Crippen molar-refractivity contribution < 1.29 is 23.8 Å². The van der Waals surface area contributed by atoms with Gasteiger partial charge in [0.25, 0.3) is 5.91 Å². The Bertz CT molecular complexity index is 1050. The second kappa shape index (κ2) is 9.95. The van der Waals surface area contributed by atoms with Gasteiger partial charge in [0, 0.05) is 39.9 Å². The number of amides is 3. The van der Waals surface area contributed by atoms with Crippen molar-refractivity contribution in [3.05, 3.63) is 47.8 Å². The number of urea groups is 1. The van der Waals surface area contributed by atoms with Crippen LogP contribution in [0, 0.1) is 0 Å². The highest BCUT2D eigenvalue weighted by Crippen LogP contribution is 2.39. The number of rotatable bonds is 8. The summed E-state index contributed by atoms with van der Waals surface area (Å²) in [7, 11) is 3.50. The lowest BCUT2D eigenvalue weighted by Gasteiger charge is -2.27. The van der Waals surface area contributed by atoms with Crippen molar-refractivity contribution in [3.63, 3.8) is 0 Å². The van der Waals surface area contributed by atoms with Gasteiger partial charge in [-0.1, -0.05) is 6.07 Å². The number of benzene rings is 1. The molecule has 3 amide bonds. The van der Waals surface area contributed by atoms with Crippen molar-refractivity contribution in [2.45, 2.75) is 19.4 Å². The number of aromatic nitrogens is 1. The molecule has 0 bridgehead atoms. The molecule has 0 fully saturated rings. The number of carbonyl (C=O) groups excluding carboxylic acids is 2. The van der Waals surface area contributed by atoms with Gasteiger partial charge in [-0.15, -0.1) is 0 Å². The predicted octanol–water partition coefficient (Wildman–Crippen LogP) is 2.11. The molecule has 1 N–H and O–H groups in total. The molecule has 0 spiro atoms. The number of hydrogen-bond acceptors (Lipinski definition) is 6. The van der Waals surface area contributed by atoms with Crippen molar-refractivity contribution in [1.82, 2.24) is 19.8 Å². The van der Waals surface area contributed by atoms with E-state index in [1.807, 2.05) is 55.1 Å². The second-order valence-corrected chi connectivity index (χ2v) is 7.87. The van der Waals surface area contributed by atoms with Crippen molar-refractivity contribution >= 4 is 17.6 Å². The summed E-state index contributed by atoms with van der Waals surface area (Å²) < 4.78 is 18.1. The molecule has 0 saturated heterocycles. The summed E-state index contributed by atoms with van der Waals surface area (Å²) in [5.41, 5.74) is 2.64. The standard InChI is InChI=1S/C23H29N5O5/c1-4-24-23(30)27(10-11-31-3)14-22(29)28-19(13-17(25-28)18-6-5-9-26(18)2)16-7-8-20-21(12-16)33-15-32-20/h5-9,12,19H,4,10-11,13-15H2,1-3H3,(H,24,30)/t19-/m0/s1. The fourth-order valence-electron chi connectivity index (χ4n) is 3.99. The van der Waals surface area contributed by atoms with E-state index in [9.17, 15) is 9.59 Å². The minimum atomic E-state index is -0.324. The van der Waals surface area contributed by atoms with Crippen LogP contribution < -0.4 is 14.8 Å². The van der Waals surface area contributed by atoms with E-state index in [1.54, 1.807) is 7.11 Å². The zero-order valence-corrected chi connectivity index (χ0v) is 19.1. The number of nitrogens with zero attached hydrogens (tertiary/aromatic N) is 4. The van der Waals surface area contributed by atoms with Gasteiger partial charge in [0.1, 0.15) is 6.54 Å². The molecule has 4 rings (SSSR count). The number of hydrazone groups is 1. The predicted molar refractivity (Wildman–Crippen MR) is 121 cm³/mol. The summed E-state index contributed by atoms with van der Waals surface area (Å²) in [6.07, 6.45) is 2.49. The lowest BCUT2D eigenvalue weighted by molar-refractivity contribution is -0.133. The van der Waals surface area contributed by atoms with E-state index in [2.05, 4.69) is 5.32 Å².